The Morgan fingerprint density at radius 2 is 1.89 bits per heavy atom. The first-order valence-corrected chi connectivity index (χ1v) is 13.3. The van der Waals surface area contributed by atoms with Gasteiger partial charge in [0.2, 0.25) is 11.8 Å². The number of rotatable bonds is 7. The monoisotopic (exact) mass is 519 g/mol. The van der Waals surface area contributed by atoms with Gasteiger partial charge < -0.3 is 19.3 Å². The van der Waals surface area contributed by atoms with Crippen LogP contribution in [-0.2, 0) is 16.1 Å². The van der Waals surface area contributed by atoms with Gasteiger partial charge in [0.25, 0.3) is 11.8 Å². The SMILES string of the molecule is CC(C)Oc1cccc(C(=O)N2CCCC[C@H]2COc2ccc3c(c2)CN(C2CCC(=O)NC2=O)C3=O)c1. The minimum absolute atomic E-state index is 0.0233. The van der Waals surface area contributed by atoms with Crippen molar-refractivity contribution >= 4 is 23.6 Å². The smallest absolute Gasteiger partial charge is 0.255 e. The summed E-state index contributed by atoms with van der Waals surface area (Å²) in [6.07, 6.45) is 3.38. The van der Waals surface area contributed by atoms with E-state index in [4.69, 9.17) is 9.47 Å². The van der Waals surface area contributed by atoms with Gasteiger partial charge >= 0.3 is 0 Å². The van der Waals surface area contributed by atoms with E-state index in [-0.39, 0.29) is 36.3 Å². The van der Waals surface area contributed by atoms with Gasteiger partial charge in [0, 0.05) is 30.6 Å². The van der Waals surface area contributed by atoms with Gasteiger partial charge in [0.15, 0.2) is 0 Å². The summed E-state index contributed by atoms with van der Waals surface area (Å²) in [4.78, 5) is 53.5. The molecular formula is C29H33N3O6. The van der Waals surface area contributed by atoms with Gasteiger partial charge in [0.05, 0.1) is 12.1 Å². The van der Waals surface area contributed by atoms with Crippen LogP contribution in [0.25, 0.3) is 0 Å². The maximum Gasteiger partial charge on any atom is 0.255 e. The Bertz CT molecular complexity index is 1260. The van der Waals surface area contributed by atoms with Crippen molar-refractivity contribution in [1.82, 2.24) is 15.1 Å². The van der Waals surface area contributed by atoms with E-state index in [1.165, 1.54) is 4.90 Å². The van der Waals surface area contributed by atoms with Gasteiger partial charge in [0.1, 0.15) is 24.1 Å². The average molecular weight is 520 g/mol. The van der Waals surface area contributed by atoms with Gasteiger partial charge in [-0.25, -0.2) is 0 Å². The van der Waals surface area contributed by atoms with Crippen LogP contribution in [0.1, 0.15) is 72.2 Å². The average Bonchev–Trinajstić information content (AvgIpc) is 3.22. The van der Waals surface area contributed by atoms with Crippen molar-refractivity contribution in [3.05, 3.63) is 59.2 Å². The van der Waals surface area contributed by atoms with Crippen LogP contribution in [0.15, 0.2) is 42.5 Å². The molecule has 0 aromatic heterocycles. The third-order valence-corrected chi connectivity index (χ3v) is 7.28. The number of imide groups is 1. The predicted molar refractivity (Wildman–Crippen MR) is 139 cm³/mol. The Hall–Kier alpha value is -3.88. The lowest BCUT2D eigenvalue weighted by Gasteiger charge is -2.35. The van der Waals surface area contributed by atoms with Crippen molar-refractivity contribution in [3.8, 4) is 11.5 Å². The second-order valence-corrected chi connectivity index (χ2v) is 10.4. The first kappa shape index (κ1) is 25.8. The van der Waals surface area contributed by atoms with Crippen LogP contribution < -0.4 is 14.8 Å². The number of benzene rings is 2. The Kier molecular flexibility index (Phi) is 7.35. The molecule has 2 atom stereocenters. The number of nitrogens with one attached hydrogen (secondary N) is 1. The van der Waals surface area contributed by atoms with Crippen LogP contribution in [0, 0.1) is 0 Å². The van der Waals surface area contributed by atoms with E-state index in [0.29, 0.717) is 48.7 Å². The first-order chi connectivity index (χ1) is 18.3. The highest BCUT2D eigenvalue weighted by Crippen LogP contribution is 2.31. The summed E-state index contributed by atoms with van der Waals surface area (Å²) in [5, 5.41) is 2.32. The molecule has 2 saturated heterocycles. The van der Waals surface area contributed by atoms with Gasteiger partial charge in [-0.15, -0.1) is 0 Å². The van der Waals surface area contributed by atoms with Gasteiger partial charge in [-0.2, -0.15) is 0 Å². The highest BCUT2D eigenvalue weighted by atomic mass is 16.5. The standard InChI is InChI=1S/C29H33N3O6/c1-18(2)38-23-8-5-6-19(14-23)28(35)31-13-4-3-7-21(31)17-37-22-9-10-24-20(15-22)16-32(29(24)36)25-11-12-26(33)30-27(25)34/h5-6,8-10,14-15,18,21,25H,3-4,7,11-13,16-17H2,1-2H3,(H,30,33,34)/t21-,25?/m0/s1. The lowest BCUT2D eigenvalue weighted by molar-refractivity contribution is -0.136. The number of ether oxygens (including phenoxy) is 2. The number of carbonyl (C=O) groups excluding carboxylic acids is 4. The number of hydrogen-bond acceptors (Lipinski definition) is 6. The molecule has 2 fully saturated rings. The fourth-order valence-electron chi connectivity index (χ4n) is 5.41. The molecule has 0 bridgehead atoms. The highest BCUT2D eigenvalue weighted by molar-refractivity contribution is 6.05. The molecular weight excluding hydrogens is 486 g/mol. The summed E-state index contributed by atoms with van der Waals surface area (Å²) in [6, 6.07) is 11.9. The minimum atomic E-state index is -0.650. The van der Waals surface area contributed by atoms with Crippen LogP contribution in [0.4, 0.5) is 0 Å². The zero-order valence-electron chi connectivity index (χ0n) is 21.8. The normalized spacial score (nSPS) is 21.4. The molecule has 1 N–H and O–H groups in total. The Labute approximate surface area is 222 Å². The molecule has 200 valence electrons. The number of piperidine rings is 2. The molecule has 0 radical (unpaired) electrons. The summed E-state index contributed by atoms with van der Waals surface area (Å²) < 4.78 is 11.9. The molecule has 9 heteroatoms. The van der Waals surface area contributed by atoms with Crippen LogP contribution in [0.3, 0.4) is 0 Å². The fourth-order valence-corrected chi connectivity index (χ4v) is 5.41. The molecule has 0 aliphatic carbocycles. The Morgan fingerprint density at radius 3 is 2.68 bits per heavy atom. The molecule has 1 unspecified atom stereocenters. The lowest BCUT2D eigenvalue weighted by Crippen LogP contribution is -2.52. The molecule has 3 heterocycles. The van der Waals surface area contributed by atoms with Crippen molar-refractivity contribution in [1.29, 1.82) is 0 Å². The maximum atomic E-state index is 13.4. The van der Waals surface area contributed by atoms with E-state index in [0.717, 1.165) is 24.8 Å². The number of amides is 4. The summed E-state index contributed by atoms with van der Waals surface area (Å²) in [6.45, 7) is 5.21. The Morgan fingerprint density at radius 1 is 1.05 bits per heavy atom. The highest BCUT2D eigenvalue weighted by Gasteiger charge is 2.39. The number of hydrogen-bond donors (Lipinski definition) is 1. The van der Waals surface area contributed by atoms with E-state index in [1.54, 1.807) is 18.2 Å². The minimum Gasteiger partial charge on any atom is -0.491 e. The molecule has 3 aliphatic rings. The van der Waals surface area contributed by atoms with Crippen molar-refractivity contribution in [2.75, 3.05) is 13.2 Å². The van der Waals surface area contributed by atoms with Crippen LogP contribution in [0.2, 0.25) is 0 Å². The third kappa shape index (κ3) is 5.37. The second-order valence-electron chi connectivity index (χ2n) is 10.4. The zero-order chi connectivity index (χ0) is 26.8. The summed E-state index contributed by atoms with van der Waals surface area (Å²) in [7, 11) is 0. The lowest BCUT2D eigenvalue weighted by atomic mass is 10.0. The third-order valence-electron chi connectivity index (χ3n) is 7.28. The summed E-state index contributed by atoms with van der Waals surface area (Å²) in [5.41, 5.74) is 1.93. The van der Waals surface area contributed by atoms with Crippen molar-refractivity contribution in [2.24, 2.45) is 0 Å². The van der Waals surface area contributed by atoms with E-state index in [9.17, 15) is 19.2 Å². The molecule has 38 heavy (non-hydrogen) atoms. The van der Waals surface area contributed by atoms with E-state index in [2.05, 4.69) is 5.32 Å². The first-order valence-electron chi connectivity index (χ1n) is 13.3. The van der Waals surface area contributed by atoms with Crippen LogP contribution in [0.5, 0.6) is 11.5 Å². The van der Waals surface area contributed by atoms with Gasteiger partial charge in [-0.3, -0.25) is 24.5 Å². The molecule has 2 aromatic carbocycles. The van der Waals surface area contributed by atoms with Gasteiger partial charge in [-0.05, 0) is 81.5 Å². The molecule has 5 rings (SSSR count). The second kappa shape index (κ2) is 10.8. The van der Waals surface area contributed by atoms with Gasteiger partial charge in [-0.1, -0.05) is 6.07 Å². The largest absolute Gasteiger partial charge is 0.491 e. The van der Waals surface area contributed by atoms with Crippen molar-refractivity contribution < 1.29 is 28.7 Å². The predicted octanol–water partition coefficient (Wildman–Crippen LogP) is 3.31. The molecule has 2 aromatic rings. The van der Waals surface area contributed by atoms with E-state index >= 15 is 0 Å². The van der Waals surface area contributed by atoms with Crippen molar-refractivity contribution in [2.45, 2.75) is 70.7 Å². The number of nitrogens with zero attached hydrogens (tertiary/aromatic N) is 2. The number of carbonyl (C=O) groups is 4. The molecule has 0 saturated carbocycles. The molecule has 9 nitrogen and oxygen atoms in total. The van der Waals surface area contributed by atoms with Crippen molar-refractivity contribution in [3.63, 3.8) is 0 Å². The summed E-state index contributed by atoms with van der Waals surface area (Å²) >= 11 is 0. The number of fused-ring (bicyclic) bond motifs is 1. The topological polar surface area (TPSA) is 105 Å². The summed E-state index contributed by atoms with van der Waals surface area (Å²) in [5.74, 6) is 0.308. The van der Waals surface area contributed by atoms with E-state index < -0.39 is 11.9 Å². The number of likely N-dealkylation sites (tertiary alicyclic amines) is 1. The van der Waals surface area contributed by atoms with E-state index in [1.807, 2.05) is 43.0 Å². The maximum absolute atomic E-state index is 13.4. The molecule has 3 aliphatic heterocycles. The molecule has 0 spiro atoms. The van der Waals surface area contributed by atoms with Crippen LogP contribution >= 0.6 is 0 Å². The van der Waals surface area contributed by atoms with Crippen LogP contribution in [-0.4, -0.2) is 64.8 Å². The Balaban J connectivity index is 1.24. The molecule has 4 amide bonds. The fraction of sp³-hybridized carbons (Fsp3) is 0.448. The quantitative estimate of drug-likeness (QED) is 0.563. The zero-order valence-corrected chi connectivity index (χ0v) is 21.8.